The number of benzene rings is 7. The summed E-state index contributed by atoms with van der Waals surface area (Å²) in [6.45, 7) is 0. The minimum Gasteiger partial charge on any atom is -0.508 e. The monoisotopic (exact) mass is 716 g/mol. The SMILES string of the molecule is O=C1OC(=O)c2c1cccc2-c1ccc(-c2ccc(Oc3ccc(S(=O)(=O)c4ccc(Oc5ccc(-c6ccc(O)cc6)cc5)cc4)cc3)cc2)cc1. The quantitative estimate of drug-likeness (QED) is 0.116. The van der Waals surface area contributed by atoms with E-state index in [9.17, 15) is 23.1 Å². The van der Waals surface area contributed by atoms with Crippen LogP contribution in [0.4, 0.5) is 0 Å². The molecule has 1 N–H and O–H groups in total. The predicted octanol–water partition coefficient (Wildman–Crippen LogP) is 10.1. The Morgan fingerprint density at radius 3 is 1.23 bits per heavy atom. The lowest BCUT2D eigenvalue weighted by Crippen LogP contribution is -2.01. The molecule has 0 atom stereocenters. The number of ether oxygens (including phenoxy) is 3. The molecule has 0 unspecified atom stereocenters. The molecule has 0 saturated heterocycles. The molecule has 0 aromatic heterocycles. The van der Waals surface area contributed by atoms with Crippen LogP contribution in [-0.2, 0) is 14.6 Å². The van der Waals surface area contributed by atoms with Crippen LogP contribution in [0.3, 0.4) is 0 Å². The molecule has 1 aliphatic heterocycles. The third-order valence-electron chi connectivity index (χ3n) is 8.85. The summed E-state index contributed by atoms with van der Waals surface area (Å²) in [5.41, 5.74) is 5.80. The van der Waals surface area contributed by atoms with Gasteiger partial charge in [0.05, 0.1) is 20.9 Å². The molecule has 8 rings (SSSR count). The van der Waals surface area contributed by atoms with E-state index >= 15 is 0 Å². The van der Waals surface area contributed by atoms with E-state index in [2.05, 4.69) is 0 Å². The number of phenolic OH excluding ortho intramolecular Hbond substituents is 1. The molecule has 1 heterocycles. The van der Waals surface area contributed by atoms with Crippen LogP contribution in [0.5, 0.6) is 28.7 Å². The van der Waals surface area contributed by atoms with E-state index in [-0.39, 0.29) is 26.7 Å². The first-order chi connectivity index (χ1) is 25.7. The average Bonchev–Trinajstić information content (AvgIpc) is 3.49. The number of carbonyl (C=O) groups excluding carboxylic acids is 2. The summed E-state index contributed by atoms with van der Waals surface area (Å²) in [5, 5.41) is 9.52. The number of carbonyl (C=O) groups is 2. The smallest absolute Gasteiger partial charge is 0.347 e. The number of phenols is 1. The Hall–Kier alpha value is -6.97. The fraction of sp³-hybridized carbons (Fsp3) is 0. The zero-order chi connectivity index (χ0) is 36.5. The van der Waals surface area contributed by atoms with E-state index in [0.29, 0.717) is 28.6 Å². The lowest BCUT2D eigenvalue weighted by Gasteiger charge is -2.10. The van der Waals surface area contributed by atoms with Crippen molar-refractivity contribution in [1.82, 2.24) is 0 Å². The van der Waals surface area contributed by atoms with Crippen molar-refractivity contribution < 1.29 is 37.3 Å². The number of aromatic hydroxyl groups is 1. The van der Waals surface area contributed by atoms with Crippen LogP contribution in [0.2, 0.25) is 0 Å². The number of sulfone groups is 1. The maximum atomic E-state index is 13.4. The van der Waals surface area contributed by atoms with Crippen LogP contribution in [0.25, 0.3) is 33.4 Å². The van der Waals surface area contributed by atoms with E-state index in [1.807, 2.05) is 84.9 Å². The Morgan fingerprint density at radius 1 is 0.415 bits per heavy atom. The molecule has 0 bridgehead atoms. The average molecular weight is 717 g/mol. The van der Waals surface area contributed by atoms with E-state index in [1.165, 1.54) is 24.3 Å². The van der Waals surface area contributed by atoms with Crippen LogP contribution in [-0.4, -0.2) is 25.5 Å². The third kappa shape index (κ3) is 6.76. The molecular formula is C44H28O8S. The van der Waals surface area contributed by atoms with Crippen molar-refractivity contribution in [2.75, 3.05) is 0 Å². The molecule has 0 aliphatic carbocycles. The van der Waals surface area contributed by atoms with Gasteiger partial charge in [-0.3, -0.25) is 0 Å². The van der Waals surface area contributed by atoms with E-state index in [1.54, 1.807) is 54.6 Å². The molecule has 0 spiro atoms. The molecule has 0 radical (unpaired) electrons. The van der Waals surface area contributed by atoms with Crippen LogP contribution in [0.15, 0.2) is 174 Å². The van der Waals surface area contributed by atoms with Gasteiger partial charge in [-0.25, -0.2) is 18.0 Å². The van der Waals surface area contributed by atoms with Gasteiger partial charge >= 0.3 is 11.9 Å². The summed E-state index contributed by atoms with van der Waals surface area (Å²) in [6.07, 6.45) is 0. The molecule has 53 heavy (non-hydrogen) atoms. The summed E-state index contributed by atoms with van der Waals surface area (Å²) in [7, 11) is -3.79. The summed E-state index contributed by atoms with van der Waals surface area (Å²) in [4.78, 5) is 24.5. The van der Waals surface area contributed by atoms with Gasteiger partial charge < -0.3 is 19.3 Å². The van der Waals surface area contributed by atoms with Gasteiger partial charge in [0.25, 0.3) is 0 Å². The minimum atomic E-state index is -3.79. The maximum Gasteiger partial charge on any atom is 0.347 e. The molecule has 0 fully saturated rings. The van der Waals surface area contributed by atoms with Crippen molar-refractivity contribution in [3.05, 3.63) is 175 Å². The molecule has 7 aromatic rings. The summed E-state index contributed by atoms with van der Waals surface area (Å²) in [6, 6.07) is 47.2. The largest absolute Gasteiger partial charge is 0.508 e. The lowest BCUT2D eigenvalue weighted by atomic mass is 9.95. The van der Waals surface area contributed by atoms with Crippen molar-refractivity contribution >= 4 is 21.8 Å². The molecule has 0 amide bonds. The number of rotatable bonds is 9. The number of cyclic esters (lactones) is 2. The zero-order valence-electron chi connectivity index (χ0n) is 27.8. The highest BCUT2D eigenvalue weighted by Crippen LogP contribution is 2.34. The number of hydrogen-bond acceptors (Lipinski definition) is 8. The maximum absolute atomic E-state index is 13.4. The third-order valence-corrected chi connectivity index (χ3v) is 10.6. The van der Waals surface area contributed by atoms with Crippen LogP contribution < -0.4 is 9.47 Å². The second-order valence-electron chi connectivity index (χ2n) is 12.2. The normalized spacial score (nSPS) is 12.2. The Labute approximate surface area is 305 Å². The van der Waals surface area contributed by atoms with Gasteiger partial charge in [-0.15, -0.1) is 0 Å². The molecule has 8 nitrogen and oxygen atoms in total. The second-order valence-corrected chi connectivity index (χ2v) is 14.2. The Balaban J connectivity index is 0.894. The van der Waals surface area contributed by atoms with Crippen molar-refractivity contribution in [1.29, 1.82) is 0 Å². The van der Waals surface area contributed by atoms with Crippen molar-refractivity contribution in [3.63, 3.8) is 0 Å². The fourth-order valence-corrected chi connectivity index (χ4v) is 7.34. The first-order valence-corrected chi connectivity index (χ1v) is 18.0. The van der Waals surface area contributed by atoms with Gasteiger partial charge in [0.1, 0.15) is 28.7 Å². The van der Waals surface area contributed by atoms with Crippen molar-refractivity contribution in [3.8, 4) is 62.1 Å². The summed E-state index contributed by atoms with van der Waals surface area (Å²) in [5.74, 6) is 1.09. The molecule has 9 heteroatoms. The number of fused-ring (bicyclic) bond motifs is 1. The first-order valence-electron chi connectivity index (χ1n) is 16.5. The minimum absolute atomic E-state index is 0.131. The van der Waals surface area contributed by atoms with Gasteiger partial charge in [0.15, 0.2) is 0 Å². The van der Waals surface area contributed by atoms with E-state index < -0.39 is 21.8 Å². The lowest BCUT2D eigenvalue weighted by molar-refractivity contribution is 0.0444. The van der Waals surface area contributed by atoms with Crippen molar-refractivity contribution in [2.45, 2.75) is 9.79 Å². The fourth-order valence-electron chi connectivity index (χ4n) is 6.08. The van der Waals surface area contributed by atoms with Gasteiger partial charge in [-0.2, -0.15) is 0 Å². The first kappa shape index (κ1) is 33.2. The highest BCUT2D eigenvalue weighted by molar-refractivity contribution is 7.91. The molecule has 0 saturated carbocycles. The molecule has 1 aliphatic rings. The molecular weight excluding hydrogens is 689 g/mol. The Morgan fingerprint density at radius 2 is 0.774 bits per heavy atom. The zero-order valence-corrected chi connectivity index (χ0v) is 28.6. The highest BCUT2D eigenvalue weighted by Gasteiger charge is 2.32. The predicted molar refractivity (Wildman–Crippen MR) is 199 cm³/mol. The standard InChI is InChI=1S/C44H28O8S/c45-33-14-8-29(9-15-33)31-12-18-35(19-13-31)51-37-22-26-39(27-23-37)53(48,49)38-24-20-36(21-25-38)50-34-16-10-30(11-17-34)28-4-6-32(7-5-28)40-2-1-3-41-42(40)44(47)52-43(41)46/h1-27,45H. The van der Waals surface area contributed by atoms with Gasteiger partial charge in [0, 0.05) is 0 Å². The van der Waals surface area contributed by atoms with Crippen LogP contribution in [0.1, 0.15) is 20.7 Å². The number of hydrogen-bond donors (Lipinski definition) is 1. The second kappa shape index (κ2) is 13.6. The van der Waals surface area contributed by atoms with Gasteiger partial charge in [-0.05, 0) is 124 Å². The van der Waals surface area contributed by atoms with Crippen LogP contribution in [0, 0.1) is 0 Å². The number of esters is 2. The Kier molecular flexibility index (Phi) is 8.54. The van der Waals surface area contributed by atoms with Crippen LogP contribution >= 0.6 is 0 Å². The topological polar surface area (TPSA) is 116 Å². The highest BCUT2D eigenvalue weighted by atomic mass is 32.2. The Bertz CT molecular complexity index is 2580. The van der Waals surface area contributed by atoms with Crippen molar-refractivity contribution in [2.24, 2.45) is 0 Å². The van der Waals surface area contributed by atoms with E-state index in [4.69, 9.17) is 14.2 Å². The summed E-state index contributed by atoms with van der Waals surface area (Å²) < 4.78 is 43.5. The summed E-state index contributed by atoms with van der Waals surface area (Å²) >= 11 is 0. The van der Waals surface area contributed by atoms with Gasteiger partial charge in [0.2, 0.25) is 9.84 Å². The van der Waals surface area contributed by atoms with E-state index in [0.717, 1.165) is 27.8 Å². The van der Waals surface area contributed by atoms with Gasteiger partial charge in [-0.1, -0.05) is 72.8 Å². The molecule has 7 aromatic carbocycles. The molecule has 258 valence electrons.